The second kappa shape index (κ2) is 5.57. The van der Waals surface area contributed by atoms with Crippen molar-refractivity contribution in [3.05, 3.63) is 23.0 Å². The zero-order valence-corrected chi connectivity index (χ0v) is 11.3. The topological polar surface area (TPSA) is 59.2 Å². The summed E-state index contributed by atoms with van der Waals surface area (Å²) in [4.78, 5) is 18.2. The number of hydrogen-bond donors (Lipinski definition) is 1. The second-order valence-corrected chi connectivity index (χ2v) is 5.29. The van der Waals surface area contributed by atoms with Crippen molar-refractivity contribution in [2.75, 3.05) is 18.8 Å². The van der Waals surface area contributed by atoms with Gasteiger partial charge in [-0.05, 0) is 31.2 Å². The van der Waals surface area contributed by atoms with Crippen molar-refractivity contribution in [1.82, 2.24) is 9.88 Å². The van der Waals surface area contributed by atoms with E-state index >= 15 is 0 Å². The summed E-state index contributed by atoms with van der Waals surface area (Å²) in [5, 5.41) is 0.228. The van der Waals surface area contributed by atoms with E-state index < -0.39 is 0 Å². The van der Waals surface area contributed by atoms with Crippen LogP contribution in [0.25, 0.3) is 0 Å². The van der Waals surface area contributed by atoms with Crippen LogP contribution < -0.4 is 5.73 Å². The highest BCUT2D eigenvalue weighted by atomic mass is 35.5. The molecule has 5 heteroatoms. The minimum absolute atomic E-state index is 0.0612. The van der Waals surface area contributed by atoms with Crippen LogP contribution in [0.2, 0.25) is 5.15 Å². The highest BCUT2D eigenvalue weighted by Gasteiger charge is 2.22. The van der Waals surface area contributed by atoms with Gasteiger partial charge in [-0.3, -0.25) is 4.79 Å². The summed E-state index contributed by atoms with van der Waals surface area (Å²) in [6.07, 6.45) is 4.72. The van der Waals surface area contributed by atoms with Crippen LogP contribution in [0.15, 0.2) is 12.3 Å². The second-order valence-electron chi connectivity index (χ2n) is 4.94. The maximum atomic E-state index is 12.4. The third-order valence-corrected chi connectivity index (χ3v) is 3.70. The van der Waals surface area contributed by atoms with Gasteiger partial charge in [0.15, 0.2) is 0 Å². The van der Waals surface area contributed by atoms with E-state index in [1.807, 2.05) is 4.90 Å². The number of nitrogen functional groups attached to an aromatic ring is 1. The summed E-state index contributed by atoms with van der Waals surface area (Å²) in [7, 11) is 0. The number of anilines is 1. The first-order valence-corrected chi connectivity index (χ1v) is 6.66. The molecule has 0 radical (unpaired) electrons. The Bertz CT molecular complexity index is 450. The minimum Gasteiger partial charge on any atom is -0.397 e. The van der Waals surface area contributed by atoms with Gasteiger partial charge in [-0.15, -0.1) is 0 Å². The van der Waals surface area contributed by atoms with E-state index in [1.54, 1.807) is 6.07 Å². The Kier molecular flexibility index (Phi) is 4.07. The maximum Gasteiger partial charge on any atom is 0.257 e. The molecule has 1 saturated heterocycles. The van der Waals surface area contributed by atoms with Crippen molar-refractivity contribution in [1.29, 1.82) is 0 Å². The van der Waals surface area contributed by atoms with E-state index in [4.69, 9.17) is 17.3 Å². The molecular weight excluding hydrogens is 250 g/mol. The van der Waals surface area contributed by atoms with Gasteiger partial charge in [0.25, 0.3) is 5.91 Å². The number of rotatable bonds is 1. The summed E-state index contributed by atoms with van der Waals surface area (Å²) in [6.45, 7) is 3.79. The molecule has 4 nitrogen and oxygen atoms in total. The summed E-state index contributed by atoms with van der Waals surface area (Å²) >= 11 is 5.97. The highest BCUT2D eigenvalue weighted by molar-refractivity contribution is 6.32. The summed E-state index contributed by atoms with van der Waals surface area (Å²) in [5.41, 5.74) is 6.53. The van der Waals surface area contributed by atoms with Crippen molar-refractivity contribution in [3.63, 3.8) is 0 Å². The fourth-order valence-electron chi connectivity index (χ4n) is 2.25. The van der Waals surface area contributed by atoms with Crippen LogP contribution in [0.4, 0.5) is 5.69 Å². The normalized spacial score (nSPS) is 20.6. The summed E-state index contributed by atoms with van der Waals surface area (Å²) in [6, 6.07) is 1.60. The number of nitrogens with zero attached hydrogens (tertiary/aromatic N) is 2. The number of amides is 1. The average Bonchev–Trinajstić information content (AvgIpc) is 2.56. The van der Waals surface area contributed by atoms with Crippen LogP contribution in [-0.4, -0.2) is 28.9 Å². The fourth-order valence-corrected chi connectivity index (χ4v) is 2.43. The first-order chi connectivity index (χ1) is 8.58. The Morgan fingerprint density at radius 3 is 3.06 bits per heavy atom. The molecule has 1 atom stereocenters. The van der Waals surface area contributed by atoms with Gasteiger partial charge in [0, 0.05) is 13.1 Å². The molecule has 1 unspecified atom stereocenters. The third kappa shape index (κ3) is 2.93. The fraction of sp³-hybridized carbons (Fsp3) is 0.538. The monoisotopic (exact) mass is 267 g/mol. The SMILES string of the molecule is CC1CCCN(C(=O)c2cc(N)cnc2Cl)CC1. The summed E-state index contributed by atoms with van der Waals surface area (Å²) in [5.74, 6) is 0.617. The molecule has 98 valence electrons. The third-order valence-electron chi connectivity index (χ3n) is 3.39. The summed E-state index contributed by atoms with van der Waals surface area (Å²) < 4.78 is 0. The van der Waals surface area contributed by atoms with Gasteiger partial charge < -0.3 is 10.6 Å². The zero-order chi connectivity index (χ0) is 13.1. The molecule has 1 aliphatic rings. The number of pyridine rings is 1. The molecule has 1 aromatic rings. The largest absolute Gasteiger partial charge is 0.397 e. The van der Waals surface area contributed by atoms with Gasteiger partial charge in [0.05, 0.1) is 17.4 Å². The van der Waals surface area contributed by atoms with E-state index in [2.05, 4.69) is 11.9 Å². The van der Waals surface area contributed by atoms with Crippen LogP contribution in [0.1, 0.15) is 36.5 Å². The van der Waals surface area contributed by atoms with Gasteiger partial charge in [0.2, 0.25) is 0 Å². The van der Waals surface area contributed by atoms with Crippen LogP contribution in [0, 0.1) is 5.92 Å². The molecule has 1 aliphatic heterocycles. The number of likely N-dealkylation sites (tertiary alicyclic amines) is 1. The van der Waals surface area contributed by atoms with Gasteiger partial charge in [0.1, 0.15) is 5.15 Å². The molecule has 2 rings (SSSR count). The lowest BCUT2D eigenvalue weighted by atomic mass is 10.0. The number of halogens is 1. The molecule has 0 aliphatic carbocycles. The molecule has 0 saturated carbocycles. The number of carbonyl (C=O) groups is 1. The molecule has 1 aromatic heterocycles. The number of hydrogen-bond acceptors (Lipinski definition) is 3. The lowest BCUT2D eigenvalue weighted by Crippen LogP contribution is -2.32. The van der Waals surface area contributed by atoms with E-state index in [0.717, 1.165) is 25.9 Å². The maximum absolute atomic E-state index is 12.4. The minimum atomic E-state index is -0.0612. The Balaban J connectivity index is 2.17. The standard InChI is InChI=1S/C13H18ClN3O/c1-9-3-2-5-17(6-4-9)13(18)11-7-10(15)8-16-12(11)14/h7-9H,2-6,15H2,1H3. The van der Waals surface area contributed by atoms with Crippen LogP contribution in [0.5, 0.6) is 0 Å². The van der Waals surface area contributed by atoms with Crippen molar-refractivity contribution in [2.45, 2.75) is 26.2 Å². The van der Waals surface area contributed by atoms with Crippen LogP contribution >= 0.6 is 11.6 Å². The van der Waals surface area contributed by atoms with Gasteiger partial charge in [-0.1, -0.05) is 18.5 Å². The molecule has 1 amide bonds. The smallest absolute Gasteiger partial charge is 0.257 e. The number of nitrogens with two attached hydrogens (primary N) is 1. The average molecular weight is 268 g/mol. The molecule has 0 spiro atoms. The predicted octanol–water partition coefficient (Wildman–Crippen LogP) is 2.58. The lowest BCUT2D eigenvalue weighted by Gasteiger charge is -2.21. The Morgan fingerprint density at radius 1 is 1.50 bits per heavy atom. The molecule has 1 fully saturated rings. The quantitative estimate of drug-likeness (QED) is 0.796. The van der Waals surface area contributed by atoms with Crippen LogP contribution in [0.3, 0.4) is 0 Å². The molecule has 18 heavy (non-hydrogen) atoms. The number of carbonyl (C=O) groups excluding carboxylic acids is 1. The Morgan fingerprint density at radius 2 is 2.28 bits per heavy atom. The van der Waals surface area contributed by atoms with E-state index in [9.17, 15) is 4.79 Å². The van der Waals surface area contributed by atoms with E-state index in [-0.39, 0.29) is 11.1 Å². The molecule has 0 bridgehead atoms. The van der Waals surface area contributed by atoms with Crippen molar-refractivity contribution >= 4 is 23.2 Å². The molecule has 0 aromatic carbocycles. The van der Waals surface area contributed by atoms with Crippen molar-refractivity contribution < 1.29 is 4.79 Å². The predicted molar refractivity (Wildman–Crippen MR) is 72.6 cm³/mol. The Hall–Kier alpha value is -1.29. The number of aromatic nitrogens is 1. The molecule has 2 heterocycles. The van der Waals surface area contributed by atoms with Crippen molar-refractivity contribution in [2.24, 2.45) is 5.92 Å². The Labute approximate surface area is 112 Å². The highest BCUT2D eigenvalue weighted by Crippen LogP contribution is 2.21. The molecular formula is C13H18ClN3O. The van der Waals surface area contributed by atoms with E-state index in [0.29, 0.717) is 17.2 Å². The first-order valence-electron chi connectivity index (χ1n) is 6.28. The van der Waals surface area contributed by atoms with E-state index in [1.165, 1.54) is 12.6 Å². The zero-order valence-electron chi connectivity index (χ0n) is 10.5. The van der Waals surface area contributed by atoms with Gasteiger partial charge in [-0.25, -0.2) is 4.98 Å². The lowest BCUT2D eigenvalue weighted by molar-refractivity contribution is 0.0760. The van der Waals surface area contributed by atoms with Crippen molar-refractivity contribution in [3.8, 4) is 0 Å². The van der Waals surface area contributed by atoms with Crippen LogP contribution in [-0.2, 0) is 0 Å². The first kappa shape index (κ1) is 13.1. The van der Waals surface area contributed by atoms with Gasteiger partial charge >= 0.3 is 0 Å². The molecule has 2 N–H and O–H groups in total. The van der Waals surface area contributed by atoms with Gasteiger partial charge in [-0.2, -0.15) is 0 Å².